The van der Waals surface area contributed by atoms with Crippen molar-refractivity contribution < 1.29 is 0 Å². The van der Waals surface area contributed by atoms with Gasteiger partial charge in [-0.25, -0.2) is 0 Å². The number of para-hydroxylation sites is 3. The van der Waals surface area contributed by atoms with Gasteiger partial charge in [-0.2, -0.15) is 0 Å². The third kappa shape index (κ3) is 4.26. The Morgan fingerprint density at radius 1 is 0.592 bits per heavy atom. The van der Waals surface area contributed by atoms with Crippen LogP contribution < -0.4 is 31.5 Å². The van der Waals surface area contributed by atoms with Crippen LogP contribution in [0.5, 0.6) is 0 Å². The molecule has 0 saturated heterocycles. The first kappa shape index (κ1) is 30.3. The van der Waals surface area contributed by atoms with E-state index in [1.165, 1.54) is 77.3 Å². The van der Waals surface area contributed by atoms with Crippen LogP contribution in [0.3, 0.4) is 0 Å². The Bertz CT molecular complexity index is 2340. The predicted octanol–water partition coefficient (Wildman–Crippen LogP) is 8.95. The zero-order valence-electron chi connectivity index (χ0n) is 29.6. The van der Waals surface area contributed by atoms with Crippen molar-refractivity contribution in [2.75, 3.05) is 10.2 Å². The van der Waals surface area contributed by atoms with Crippen molar-refractivity contribution in [3.05, 3.63) is 149 Å². The van der Waals surface area contributed by atoms with E-state index in [2.05, 4.69) is 187 Å². The van der Waals surface area contributed by atoms with Crippen molar-refractivity contribution >= 4 is 65.1 Å². The number of benzene rings is 6. The Hall–Kier alpha value is -4.80. The second kappa shape index (κ2) is 10.4. The summed E-state index contributed by atoms with van der Waals surface area (Å²) in [5.41, 5.74) is 17.8. The summed E-state index contributed by atoms with van der Waals surface area (Å²) in [5, 5.41) is 6.91. The fourth-order valence-corrected chi connectivity index (χ4v) is 12.1. The predicted molar refractivity (Wildman–Crippen MR) is 213 cm³/mol. The molecule has 0 spiro atoms. The molecule has 49 heavy (non-hydrogen) atoms. The third-order valence-electron chi connectivity index (χ3n) is 11.7. The van der Waals surface area contributed by atoms with Crippen LogP contribution in [0.25, 0.3) is 11.1 Å². The number of nitrogens with one attached hydrogen (secondary N) is 1. The Labute approximate surface area is 293 Å². The lowest BCUT2D eigenvalue weighted by Crippen LogP contribution is -2.62. The summed E-state index contributed by atoms with van der Waals surface area (Å²) in [6.07, 6.45) is 0. The summed E-state index contributed by atoms with van der Waals surface area (Å²) >= 11 is 0. The first-order valence-corrected chi connectivity index (χ1v) is 20.6. The molecule has 9 rings (SSSR count). The molecule has 6 aromatic rings. The quantitative estimate of drug-likeness (QED) is 0.192. The smallest absolute Gasteiger partial charge is 0.197 e. The molecule has 6 aromatic carbocycles. The van der Waals surface area contributed by atoms with E-state index in [1.807, 2.05) is 0 Å². The van der Waals surface area contributed by atoms with Gasteiger partial charge in [0.2, 0.25) is 0 Å². The molecule has 239 valence electrons. The SMILES string of the molecule is Cc1cc(-c2cc3c(cc2Nc2ccccc2)C(C)(C)c2ccccc2C3(C)C)c2c(c1)N1c3ccccc3[Si](C)(C)c3cccc(c31)[B]2. The van der Waals surface area contributed by atoms with Gasteiger partial charge < -0.3 is 10.2 Å². The number of hydrogen-bond acceptors (Lipinski definition) is 2. The maximum absolute atomic E-state index is 3.91. The van der Waals surface area contributed by atoms with Crippen LogP contribution in [-0.2, 0) is 10.8 Å². The van der Waals surface area contributed by atoms with Gasteiger partial charge in [-0.3, -0.25) is 0 Å². The Kier molecular flexibility index (Phi) is 6.40. The van der Waals surface area contributed by atoms with Gasteiger partial charge in [0.25, 0.3) is 0 Å². The monoisotopic (exact) mass is 649 g/mol. The summed E-state index contributed by atoms with van der Waals surface area (Å²) in [6.45, 7) is 16.9. The molecule has 0 fully saturated rings. The lowest BCUT2D eigenvalue weighted by Gasteiger charge is -2.46. The van der Waals surface area contributed by atoms with Crippen molar-refractivity contribution in [3.63, 3.8) is 0 Å². The zero-order chi connectivity index (χ0) is 33.9. The van der Waals surface area contributed by atoms with Crippen LogP contribution in [0.15, 0.2) is 121 Å². The van der Waals surface area contributed by atoms with Crippen LogP contribution in [0, 0.1) is 6.92 Å². The minimum Gasteiger partial charge on any atom is -0.355 e. The minimum atomic E-state index is -1.90. The Morgan fingerprint density at radius 3 is 1.96 bits per heavy atom. The number of fused-ring (bicyclic) bond motifs is 6. The average molecular weight is 650 g/mol. The molecule has 2 heterocycles. The van der Waals surface area contributed by atoms with E-state index in [0.29, 0.717) is 0 Å². The largest absolute Gasteiger partial charge is 0.355 e. The summed E-state index contributed by atoms with van der Waals surface area (Å²) in [6, 6.07) is 45.6. The maximum Gasteiger partial charge on any atom is 0.197 e. The highest BCUT2D eigenvalue weighted by Gasteiger charge is 2.44. The van der Waals surface area contributed by atoms with E-state index in [4.69, 9.17) is 0 Å². The van der Waals surface area contributed by atoms with E-state index in [1.54, 1.807) is 0 Å². The van der Waals surface area contributed by atoms with Gasteiger partial charge in [0.15, 0.2) is 7.28 Å². The van der Waals surface area contributed by atoms with E-state index >= 15 is 0 Å². The van der Waals surface area contributed by atoms with E-state index in [-0.39, 0.29) is 10.8 Å². The molecule has 1 N–H and O–H groups in total. The molecule has 2 nitrogen and oxygen atoms in total. The van der Waals surface area contributed by atoms with Crippen LogP contribution >= 0.6 is 0 Å². The molecule has 0 unspecified atom stereocenters. The van der Waals surface area contributed by atoms with Crippen molar-refractivity contribution in [1.82, 2.24) is 0 Å². The minimum absolute atomic E-state index is 0.144. The van der Waals surface area contributed by atoms with Crippen LogP contribution in [0.1, 0.15) is 55.5 Å². The number of aryl methyl sites for hydroxylation is 1. The highest BCUT2D eigenvalue weighted by Crippen LogP contribution is 2.52. The van der Waals surface area contributed by atoms with Gasteiger partial charge in [0.05, 0.1) is 0 Å². The standard InChI is InChI=1S/C45H42BN2Si/c1-28-24-31(42-39(25-28)48-38-21-13-14-22-40(38)49(6,7)41-23-15-20-36(46-42)43(41)48)30-26-34-35(27-37(30)47-29-16-9-8-10-17-29)45(4,5)33-19-12-11-18-32(33)44(34,2)3/h8-27,47H,1-7H3. The van der Waals surface area contributed by atoms with Gasteiger partial charge in [-0.15, -0.1) is 0 Å². The molecule has 0 aromatic heterocycles. The zero-order valence-corrected chi connectivity index (χ0v) is 30.6. The van der Waals surface area contributed by atoms with Gasteiger partial charge in [0, 0.05) is 44.8 Å². The summed E-state index contributed by atoms with van der Waals surface area (Å²) in [5.74, 6) is 0. The number of hydrogen-bond donors (Lipinski definition) is 1. The molecule has 0 bridgehead atoms. The van der Waals surface area contributed by atoms with Crippen molar-refractivity contribution in [2.24, 2.45) is 0 Å². The van der Waals surface area contributed by atoms with E-state index in [9.17, 15) is 0 Å². The molecular weight excluding hydrogens is 607 g/mol. The summed E-state index contributed by atoms with van der Waals surface area (Å²) in [4.78, 5) is 2.58. The van der Waals surface area contributed by atoms with Crippen molar-refractivity contribution in [1.29, 1.82) is 0 Å². The molecule has 0 atom stereocenters. The Balaban J connectivity index is 1.33. The van der Waals surface area contributed by atoms with Crippen molar-refractivity contribution in [2.45, 2.75) is 58.5 Å². The van der Waals surface area contributed by atoms with Crippen LogP contribution in [-0.4, -0.2) is 15.4 Å². The highest BCUT2D eigenvalue weighted by atomic mass is 28.3. The van der Waals surface area contributed by atoms with Gasteiger partial charge in [-0.1, -0.05) is 131 Å². The fraction of sp³-hybridized carbons (Fsp3) is 0.200. The van der Waals surface area contributed by atoms with Gasteiger partial charge >= 0.3 is 0 Å². The molecule has 3 aliphatic rings. The molecule has 1 aliphatic carbocycles. The van der Waals surface area contributed by atoms with E-state index < -0.39 is 8.07 Å². The first-order chi connectivity index (χ1) is 23.5. The highest BCUT2D eigenvalue weighted by molar-refractivity contribution is 7.03. The molecule has 2 aliphatic heterocycles. The summed E-state index contributed by atoms with van der Waals surface area (Å²) in [7, 11) is 0.567. The lowest BCUT2D eigenvalue weighted by molar-refractivity contribution is 0.521. The topological polar surface area (TPSA) is 15.3 Å². The third-order valence-corrected chi connectivity index (χ3v) is 15.3. The molecular formula is C45H42BN2Si. The molecule has 4 heteroatoms. The van der Waals surface area contributed by atoms with Crippen LogP contribution in [0.2, 0.25) is 13.1 Å². The Morgan fingerprint density at radius 2 is 1.22 bits per heavy atom. The lowest BCUT2D eigenvalue weighted by atomic mass is 9.57. The van der Waals surface area contributed by atoms with Gasteiger partial charge in [0.1, 0.15) is 8.07 Å². The summed E-state index contributed by atoms with van der Waals surface area (Å²) < 4.78 is 0. The average Bonchev–Trinajstić information content (AvgIpc) is 3.09. The molecule has 1 radical (unpaired) electrons. The number of anilines is 5. The van der Waals surface area contributed by atoms with E-state index in [0.717, 1.165) is 11.4 Å². The maximum atomic E-state index is 3.91. The first-order valence-electron chi connectivity index (χ1n) is 17.6. The van der Waals surface area contributed by atoms with Gasteiger partial charge in [-0.05, 0) is 92.5 Å². The van der Waals surface area contributed by atoms with Crippen LogP contribution in [0.4, 0.5) is 28.4 Å². The molecule has 0 saturated carbocycles. The second-order valence-electron chi connectivity index (χ2n) is 15.8. The second-order valence-corrected chi connectivity index (χ2v) is 20.2. The number of nitrogens with zero attached hydrogens (tertiary/aromatic N) is 1. The van der Waals surface area contributed by atoms with Crippen molar-refractivity contribution in [3.8, 4) is 11.1 Å². The molecule has 0 amide bonds. The number of rotatable bonds is 3. The fourth-order valence-electron chi connectivity index (χ4n) is 9.14. The normalized spacial score (nSPS) is 16.7.